The molecule has 0 amide bonds. The van der Waals surface area contributed by atoms with Crippen LogP contribution in [0.4, 0.5) is 10.1 Å². The number of benzene rings is 2. The van der Waals surface area contributed by atoms with Gasteiger partial charge in [-0.1, -0.05) is 41.4 Å². The third kappa shape index (κ3) is 2.99. The number of nitrogens with zero attached hydrogens (tertiary/aromatic N) is 2. The van der Waals surface area contributed by atoms with Gasteiger partial charge in [-0.05, 0) is 30.8 Å². The molecule has 0 atom stereocenters. The second kappa shape index (κ2) is 6.52. The van der Waals surface area contributed by atoms with E-state index in [1.54, 1.807) is 12.1 Å². The number of sulfonamides is 1. The van der Waals surface area contributed by atoms with E-state index in [1.165, 1.54) is 16.4 Å². The number of hydrogen-bond acceptors (Lipinski definition) is 3. The molecule has 3 rings (SSSR count). The van der Waals surface area contributed by atoms with Crippen LogP contribution in [0.15, 0.2) is 41.3 Å². The van der Waals surface area contributed by atoms with Gasteiger partial charge in [0.15, 0.2) is 5.82 Å². The second-order valence-corrected chi connectivity index (χ2v) is 8.23. The summed E-state index contributed by atoms with van der Waals surface area (Å²) in [6.45, 7) is 1.42. The lowest BCUT2D eigenvalue weighted by atomic mass is 10.2. The molecule has 0 unspecified atom stereocenters. The van der Waals surface area contributed by atoms with Crippen molar-refractivity contribution in [3.8, 4) is 0 Å². The highest BCUT2D eigenvalue weighted by Crippen LogP contribution is 2.35. The van der Waals surface area contributed by atoms with Crippen molar-refractivity contribution in [2.45, 2.75) is 11.4 Å². The van der Waals surface area contributed by atoms with Crippen LogP contribution >= 0.6 is 23.2 Å². The molecule has 0 aromatic heterocycles. The van der Waals surface area contributed by atoms with Crippen LogP contribution in [0, 0.1) is 5.82 Å². The lowest BCUT2D eigenvalue weighted by molar-refractivity contribution is 0.344. The fourth-order valence-corrected chi connectivity index (χ4v) is 4.93. The van der Waals surface area contributed by atoms with Gasteiger partial charge in [-0.25, -0.2) is 12.8 Å². The molecule has 0 fully saturated rings. The predicted octanol–water partition coefficient (Wildman–Crippen LogP) is 3.77. The number of fused-ring (bicyclic) bond motifs is 1. The molecule has 0 saturated carbocycles. The standard InChI is InChI=1S/C16H15Cl2FN2O2S/c1-20-8-9-21(13-5-3-2-4-11(13)10-20)24(22,23)14-7-6-12(17)16(19)15(14)18/h2-7H,8-10H2,1H3. The van der Waals surface area contributed by atoms with Crippen LogP contribution in [0.5, 0.6) is 0 Å². The first-order valence-electron chi connectivity index (χ1n) is 7.25. The van der Waals surface area contributed by atoms with Gasteiger partial charge in [-0.3, -0.25) is 4.31 Å². The first-order chi connectivity index (χ1) is 11.3. The zero-order chi connectivity index (χ0) is 17.5. The zero-order valence-electron chi connectivity index (χ0n) is 12.8. The molecule has 1 aliphatic rings. The second-order valence-electron chi connectivity index (χ2n) is 5.62. The average Bonchev–Trinajstić information content (AvgIpc) is 2.70. The predicted molar refractivity (Wildman–Crippen MR) is 93.7 cm³/mol. The normalized spacial score (nSPS) is 15.9. The zero-order valence-corrected chi connectivity index (χ0v) is 15.2. The van der Waals surface area contributed by atoms with E-state index in [0.29, 0.717) is 18.8 Å². The van der Waals surface area contributed by atoms with Gasteiger partial charge >= 0.3 is 0 Å². The lowest BCUT2D eigenvalue weighted by Gasteiger charge is -2.25. The van der Waals surface area contributed by atoms with Crippen molar-refractivity contribution in [2.24, 2.45) is 0 Å². The molecule has 4 nitrogen and oxygen atoms in total. The van der Waals surface area contributed by atoms with Crippen molar-refractivity contribution < 1.29 is 12.8 Å². The maximum Gasteiger partial charge on any atom is 0.265 e. The van der Waals surface area contributed by atoms with Gasteiger partial charge in [0.1, 0.15) is 4.90 Å². The van der Waals surface area contributed by atoms with Crippen LogP contribution in [0.25, 0.3) is 0 Å². The van der Waals surface area contributed by atoms with Gasteiger partial charge in [-0.2, -0.15) is 0 Å². The van der Waals surface area contributed by atoms with Crippen molar-refractivity contribution in [2.75, 3.05) is 24.4 Å². The maximum absolute atomic E-state index is 14.0. The fourth-order valence-electron chi connectivity index (χ4n) is 2.72. The molecule has 0 radical (unpaired) electrons. The average molecular weight is 389 g/mol. The summed E-state index contributed by atoms with van der Waals surface area (Å²) in [5, 5.41) is -0.701. The summed E-state index contributed by atoms with van der Waals surface area (Å²) in [5.41, 5.74) is 1.46. The summed E-state index contributed by atoms with van der Waals surface area (Å²) in [5.74, 6) is -0.931. The Morgan fingerprint density at radius 2 is 1.79 bits per heavy atom. The Morgan fingerprint density at radius 1 is 1.08 bits per heavy atom. The Balaban J connectivity index is 2.16. The van der Waals surface area contributed by atoms with Crippen molar-refractivity contribution in [3.63, 3.8) is 0 Å². The van der Waals surface area contributed by atoms with E-state index in [9.17, 15) is 12.8 Å². The molecule has 1 heterocycles. The van der Waals surface area contributed by atoms with Gasteiger partial charge in [0.2, 0.25) is 0 Å². The molecule has 0 aliphatic carbocycles. The van der Waals surface area contributed by atoms with E-state index in [0.717, 1.165) is 5.56 Å². The number of anilines is 1. The fraction of sp³-hybridized carbons (Fsp3) is 0.250. The molecular formula is C16H15Cl2FN2O2S. The Bertz CT molecular complexity index is 890. The van der Waals surface area contributed by atoms with Gasteiger partial charge < -0.3 is 4.90 Å². The third-order valence-electron chi connectivity index (χ3n) is 3.95. The lowest BCUT2D eigenvalue weighted by Crippen LogP contribution is -2.35. The number of likely N-dealkylation sites (N-methyl/N-ethyl adjacent to an activating group) is 1. The van der Waals surface area contributed by atoms with Crippen molar-refractivity contribution in [1.82, 2.24) is 4.90 Å². The molecule has 2 aromatic rings. The SMILES string of the molecule is CN1CCN(S(=O)(=O)c2ccc(Cl)c(F)c2Cl)c2ccccc2C1. The Morgan fingerprint density at radius 3 is 2.54 bits per heavy atom. The molecule has 24 heavy (non-hydrogen) atoms. The van der Waals surface area contributed by atoms with Crippen molar-refractivity contribution in [1.29, 1.82) is 0 Å². The molecular weight excluding hydrogens is 374 g/mol. The molecule has 8 heteroatoms. The highest BCUT2D eigenvalue weighted by atomic mass is 35.5. The minimum absolute atomic E-state index is 0.213. The summed E-state index contributed by atoms with van der Waals surface area (Å²) < 4.78 is 41.5. The minimum Gasteiger partial charge on any atom is -0.300 e. The van der Waals surface area contributed by atoms with E-state index in [2.05, 4.69) is 0 Å². The van der Waals surface area contributed by atoms with Crippen LogP contribution in [-0.4, -0.2) is 33.5 Å². The molecule has 0 saturated heterocycles. The minimum atomic E-state index is -4.02. The summed E-state index contributed by atoms with van der Waals surface area (Å²) in [6, 6.07) is 9.69. The van der Waals surface area contributed by atoms with Crippen molar-refractivity contribution >= 4 is 38.9 Å². The Labute approximate surface area is 150 Å². The van der Waals surface area contributed by atoms with Crippen LogP contribution in [-0.2, 0) is 16.6 Å². The van der Waals surface area contributed by atoms with Crippen LogP contribution in [0.2, 0.25) is 10.0 Å². The highest BCUT2D eigenvalue weighted by molar-refractivity contribution is 7.93. The van der Waals surface area contributed by atoms with Crippen LogP contribution < -0.4 is 4.31 Å². The number of hydrogen-bond donors (Lipinski definition) is 0. The molecule has 0 spiro atoms. The molecule has 1 aliphatic heterocycles. The Hall–Kier alpha value is -1.34. The van der Waals surface area contributed by atoms with Crippen LogP contribution in [0.1, 0.15) is 5.56 Å². The van der Waals surface area contributed by atoms with E-state index < -0.39 is 20.9 Å². The number of halogens is 3. The van der Waals surface area contributed by atoms with Crippen molar-refractivity contribution in [3.05, 3.63) is 57.8 Å². The van der Waals surface area contributed by atoms with Crippen LogP contribution in [0.3, 0.4) is 0 Å². The summed E-state index contributed by atoms with van der Waals surface area (Å²) in [4.78, 5) is 1.74. The number of rotatable bonds is 2. The highest BCUT2D eigenvalue weighted by Gasteiger charge is 2.32. The Kier molecular flexibility index (Phi) is 4.75. The topological polar surface area (TPSA) is 40.6 Å². The molecule has 2 aromatic carbocycles. The molecule has 0 bridgehead atoms. The van der Waals surface area contributed by atoms with E-state index in [-0.39, 0.29) is 16.5 Å². The first kappa shape index (κ1) is 17.5. The van der Waals surface area contributed by atoms with Gasteiger partial charge in [-0.15, -0.1) is 0 Å². The molecule has 128 valence electrons. The van der Waals surface area contributed by atoms with Gasteiger partial charge in [0, 0.05) is 19.6 Å². The largest absolute Gasteiger partial charge is 0.300 e. The number of para-hydroxylation sites is 1. The first-order valence-corrected chi connectivity index (χ1v) is 9.44. The summed E-state index contributed by atoms with van der Waals surface area (Å²) >= 11 is 11.6. The monoisotopic (exact) mass is 388 g/mol. The summed E-state index contributed by atoms with van der Waals surface area (Å²) in [6.07, 6.45) is 0. The van der Waals surface area contributed by atoms with E-state index in [1.807, 2.05) is 24.1 Å². The third-order valence-corrected chi connectivity index (χ3v) is 6.58. The maximum atomic E-state index is 14.0. The van der Waals surface area contributed by atoms with E-state index >= 15 is 0 Å². The van der Waals surface area contributed by atoms with Gasteiger partial charge in [0.05, 0.1) is 15.7 Å². The summed E-state index contributed by atoms with van der Waals surface area (Å²) in [7, 11) is -2.10. The molecule has 0 N–H and O–H groups in total. The smallest absolute Gasteiger partial charge is 0.265 e. The van der Waals surface area contributed by atoms with E-state index in [4.69, 9.17) is 23.2 Å². The quantitative estimate of drug-likeness (QED) is 0.735. The van der Waals surface area contributed by atoms with Gasteiger partial charge in [0.25, 0.3) is 10.0 Å².